The van der Waals surface area contributed by atoms with Crippen LogP contribution in [-0.4, -0.2) is 54.3 Å². The second-order valence-electron chi connectivity index (χ2n) is 8.28. The van der Waals surface area contributed by atoms with E-state index in [0.29, 0.717) is 18.5 Å². The molecule has 3 amide bonds. The van der Waals surface area contributed by atoms with Crippen molar-refractivity contribution in [1.29, 1.82) is 0 Å². The van der Waals surface area contributed by atoms with Gasteiger partial charge in [-0.2, -0.15) is 0 Å². The predicted octanol–water partition coefficient (Wildman–Crippen LogP) is 2.11. The van der Waals surface area contributed by atoms with Crippen LogP contribution in [0.15, 0.2) is 36.4 Å². The van der Waals surface area contributed by atoms with Crippen molar-refractivity contribution in [3.8, 4) is 0 Å². The van der Waals surface area contributed by atoms with Crippen LogP contribution in [0, 0.1) is 11.8 Å². The summed E-state index contributed by atoms with van der Waals surface area (Å²) in [4.78, 5) is 53.0. The maximum absolute atomic E-state index is 12.6. The highest BCUT2D eigenvalue weighted by Gasteiger charge is 2.50. The SMILES string of the molecule is C[C@@H](C(=O)OCC(=O)Nc1ccc(N2CCCC2)cc1)N1C(=O)[C@@H]2CC=CC[C@H]2C1=O. The number of nitrogens with one attached hydrogen (secondary N) is 1. The number of amides is 3. The molecule has 2 aliphatic heterocycles. The zero-order valence-electron chi connectivity index (χ0n) is 17.6. The summed E-state index contributed by atoms with van der Waals surface area (Å²) in [5, 5.41) is 2.69. The van der Waals surface area contributed by atoms with Crippen molar-refractivity contribution in [3.05, 3.63) is 36.4 Å². The molecule has 8 nitrogen and oxygen atoms in total. The average Bonchev–Trinajstić information content (AvgIpc) is 3.40. The van der Waals surface area contributed by atoms with Gasteiger partial charge in [-0.25, -0.2) is 4.79 Å². The number of ether oxygens (including phenoxy) is 1. The number of hydrogen-bond acceptors (Lipinski definition) is 6. The molecule has 164 valence electrons. The van der Waals surface area contributed by atoms with Crippen LogP contribution in [0.1, 0.15) is 32.6 Å². The summed E-state index contributed by atoms with van der Waals surface area (Å²) in [5.74, 6) is -2.74. The molecule has 1 N–H and O–H groups in total. The smallest absolute Gasteiger partial charge is 0.329 e. The summed E-state index contributed by atoms with van der Waals surface area (Å²) in [5.41, 5.74) is 1.73. The summed E-state index contributed by atoms with van der Waals surface area (Å²) in [6, 6.07) is 6.47. The minimum atomic E-state index is -1.06. The lowest BCUT2D eigenvalue weighted by atomic mass is 9.85. The number of nitrogens with zero attached hydrogens (tertiary/aromatic N) is 2. The van der Waals surface area contributed by atoms with Crippen LogP contribution in [0.25, 0.3) is 0 Å². The monoisotopic (exact) mass is 425 g/mol. The molecule has 0 bridgehead atoms. The van der Waals surface area contributed by atoms with Crippen LogP contribution < -0.4 is 10.2 Å². The highest BCUT2D eigenvalue weighted by Crippen LogP contribution is 2.36. The van der Waals surface area contributed by atoms with Gasteiger partial charge in [0.25, 0.3) is 5.91 Å². The molecular formula is C23H27N3O5. The summed E-state index contributed by atoms with van der Waals surface area (Å²) in [7, 11) is 0. The minimum Gasteiger partial charge on any atom is -0.454 e. The molecule has 8 heteroatoms. The molecule has 0 saturated carbocycles. The van der Waals surface area contributed by atoms with Gasteiger partial charge >= 0.3 is 5.97 Å². The summed E-state index contributed by atoms with van der Waals surface area (Å²) >= 11 is 0. The quantitative estimate of drug-likeness (QED) is 0.426. The van der Waals surface area contributed by atoms with Crippen molar-refractivity contribution < 1.29 is 23.9 Å². The van der Waals surface area contributed by atoms with Crippen LogP contribution in [0.2, 0.25) is 0 Å². The molecule has 1 aromatic carbocycles. The van der Waals surface area contributed by atoms with Crippen molar-refractivity contribution in [3.63, 3.8) is 0 Å². The van der Waals surface area contributed by atoms with Crippen LogP contribution in [0.4, 0.5) is 11.4 Å². The van der Waals surface area contributed by atoms with E-state index in [4.69, 9.17) is 4.74 Å². The Hall–Kier alpha value is -3.16. The van der Waals surface area contributed by atoms with E-state index in [1.807, 2.05) is 36.4 Å². The Bertz CT molecular complexity index is 878. The van der Waals surface area contributed by atoms with E-state index >= 15 is 0 Å². The van der Waals surface area contributed by atoms with E-state index in [0.717, 1.165) is 23.7 Å². The number of carbonyl (C=O) groups excluding carboxylic acids is 4. The Morgan fingerprint density at radius 1 is 1.03 bits per heavy atom. The van der Waals surface area contributed by atoms with Gasteiger partial charge in [-0.05, 0) is 56.9 Å². The first-order chi connectivity index (χ1) is 15.0. The highest BCUT2D eigenvalue weighted by atomic mass is 16.5. The molecule has 2 heterocycles. The largest absolute Gasteiger partial charge is 0.454 e. The minimum absolute atomic E-state index is 0.341. The van der Waals surface area contributed by atoms with E-state index in [1.54, 1.807) is 0 Å². The van der Waals surface area contributed by atoms with Gasteiger partial charge in [0.15, 0.2) is 6.61 Å². The van der Waals surface area contributed by atoms with E-state index < -0.39 is 36.4 Å². The first kappa shape index (κ1) is 21.1. The molecule has 2 fully saturated rings. The molecule has 3 aliphatic rings. The van der Waals surface area contributed by atoms with Gasteiger partial charge < -0.3 is 15.0 Å². The highest BCUT2D eigenvalue weighted by molar-refractivity contribution is 6.08. The van der Waals surface area contributed by atoms with E-state index in [1.165, 1.54) is 19.8 Å². The number of fused-ring (bicyclic) bond motifs is 1. The summed E-state index contributed by atoms with van der Waals surface area (Å²) in [6.07, 6.45) is 7.17. The Morgan fingerprint density at radius 2 is 1.61 bits per heavy atom. The molecule has 1 aliphatic carbocycles. The number of benzene rings is 1. The lowest BCUT2D eigenvalue weighted by Crippen LogP contribution is -2.45. The average molecular weight is 425 g/mol. The zero-order chi connectivity index (χ0) is 22.0. The van der Waals surface area contributed by atoms with Crippen molar-refractivity contribution in [2.75, 3.05) is 29.9 Å². The number of rotatable bonds is 6. The van der Waals surface area contributed by atoms with Crippen LogP contribution in [0.3, 0.4) is 0 Å². The molecule has 31 heavy (non-hydrogen) atoms. The van der Waals surface area contributed by atoms with Gasteiger partial charge in [0.1, 0.15) is 6.04 Å². The molecule has 0 radical (unpaired) electrons. The number of likely N-dealkylation sites (tertiary alicyclic amines) is 1. The molecule has 0 unspecified atom stereocenters. The Balaban J connectivity index is 1.27. The van der Waals surface area contributed by atoms with E-state index in [-0.39, 0.29) is 11.8 Å². The molecular weight excluding hydrogens is 398 g/mol. The Kier molecular flexibility index (Phi) is 6.06. The lowest BCUT2D eigenvalue weighted by Gasteiger charge is -2.21. The maximum atomic E-state index is 12.6. The van der Waals surface area contributed by atoms with Crippen LogP contribution in [0.5, 0.6) is 0 Å². The first-order valence-electron chi connectivity index (χ1n) is 10.8. The summed E-state index contributed by atoms with van der Waals surface area (Å²) < 4.78 is 5.08. The van der Waals surface area contributed by atoms with Crippen molar-refractivity contribution >= 4 is 35.1 Å². The van der Waals surface area contributed by atoms with Crippen molar-refractivity contribution in [1.82, 2.24) is 4.90 Å². The Labute approximate surface area is 181 Å². The van der Waals surface area contributed by atoms with Gasteiger partial charge in [-0.1, -0.05) is 12.2 Å². The zero-order valence-corrected chi connectivity index (χ0v) is 17.6. The number of anilines is 2. The fraction of sp³-hybridized carbons (Fsp3) is 0.478. The molecule has 2 saturated heterocycles. The van der Waals surface area contributed by atoms with E-state index in [2.05, 4.69) is 10.2 Å². The fourth-order valence-corrected chi connectivity index (χ4v) is 4.50. The summed E-state index contributed by atoms with van der Waals surface area (Å²) in [6.45, 7) is 3.05. The molecule has 4 rings (SSSR count). The van der Waals surface area contributed by atoms with Gasteiger partial charge in [0.2, 0.25) is 11.8 Å². The standard InChI is InChI=1S/C23H27N3O5/c1-15(26-21(28)18-6-2-3-7-19(18)22(26)29)23(30)31-14-20(27)24-16-8-10-17(11-9-16)25-12-4-5-13-25/h2-3,8-11,15,18-19H,4-7,12-14H2,1H3,(H,24,27)/t15-,18+,19+/m0/s1. The normalized spacial score (nSPS) is 23.6. The van der Waals surface area contributed by atoms with Crippen molar-refractivity contribution in [2.45, 2.75) is 38.6 Å². The van der Waals surface area contributed by atoms with Gasteiger partial charge in [-0.15, -0.1) is 0 Å². The van der Waals surface area contributed by atoms with Crippen LogP contribution in [-0.2, 0) is 23.9 Å². The molecule has 3 atom stereocenters. The van der Waals surface area contributed by atoms with Gasteiger partial charge in [0, 0.05) is 24.5 Å². The number of carbonyl (C=O) groups is 4. The predicted molar refractivity (Wildman–Crippen MR) is 114 cm³/mol. The number of allylic oxidation sites excluding steroid dienone is 2. The lowest BCUT2D eigenvalue weighted by molar-refractivity contribution is -0.159. The first-order valence-corrected chi connectivity index (χ1v) is 10.8. The van der Waals surface area contributed by atoms with E-state index in [9.17, 15) is 19.2 Å². The second kappa shape index (κ2) is 8.91. The number of hydrogen-bond donors (Lipinski definition) is 1. The third-order valence-corrected chi connectivity index (χ3v) is 6.24. The molecule has 0 aromatic heterocycles. The third-order valence-electron chi connectivity index (χ3n) is 6.24. The molecule has 1 aromatic rings. The van der Waals surface area contributed by atoms with Gasteiger partial charge in [-0.3, -0.25) is 19.3 Å². The maximum Gasteiger partial charge on any atom is 0.329 e. The number of esters is 1. The topological polar surface area (TPSA) is 96.0 Å². The van der Waals surface area contributed by atoms with Gasteiger partial charge in [0.05, 0.1) is 11.8 Å². The van der Waals surface area contributed by atoms with Crippen molar-refractivity contribution in [2.24, 2.45) is 11.8 Å². The molecule has 0 spiro atoms. The fourth-order valence-electron chi connectivity index (χ4n) is 4.50. The second-order valence-corrected chi connectivity index (χ2v) is 8.28. The number of imide groups is 1. The Morgan fingerprint density at radius 3 is 2.19 bits per heavy atom. The third kappa shape index (κ3) is 4.33. The van der Waals surface area contributed by atoms with Crippen LogP contribution >= 0.6 is 0 Å².